The van der Waals surface area contributed by atoms with E-state index in [1.54, 1.807) is 18.5 Å². The van der Waals surface area contributed by atoms with E-state index >= 15 is 0 Å². The van der Waals surface area contributed by atoms with Crippen LogP contribution in [0.2, 0.25) is 0 Å². The largest absolute Gasteiger partial charge is 0.481 e. The highest BCUT2D eigenvalue weighted by atomic mass is 16.4. The molecule has 0 radical (unpaired) electrons. The molecule has 1 aliphatic rings. The van der Waals surface area contributed by atoms with Crippen LogP contribution in [0.5, 0.6) is 0 Å². The molecule has 0 aliphatic carbocycles. The lowest BCUT2D eigenvalue weighted by molar-refractivity contribution is -0.138. The van der Waals surface area contributed by atoms with Crippen LogP contribution in [0.3, 0.4) is 0 Å². The van der Waals surface area contributed by atoms with Gasteiger partial charge in [-0.25, -0.2) is 9.97 Å². The number of carbonyl (C=O) groups is 1. The van der Waals surface area contributed by atoms with Crippen molar-refractivity contribution in [1.29, 1.82) is 0 Å². The highest BCUT2D eigenvalue weighted by Gasteiger charge is 2.25. The van der Waals surface area contributed by atoms with Gasteiger partial charge in [-0.15, -0.1) is 0 Å². The van der Waals surface area contributed by atoms with Gasteiger partial charge in [0.25, 0.3) is 0 Å². The Bertz CT molecular complexity index is 404. The second-order valence-corrected chi connectivity index (χ2v) is 4.73. The molecule has 2 heterocycles. The number of anilines is 1. The van der Waals surface area contributed by atoms with Crippen LogP contribution in [0.4, 0.5) is 5.95 Å². The van der Waals surface area contributed by atoms with Crippen LogP contribution in [-0.2, 0) is 4.79 Å². The van der Waals surface area contributed by atoms with Crippen molar-refractivity contribution in [3.63, 3.8) is 0 Å². The second-order valence-electron chi connectivity index (χ2n) is 4.73. The summed E-state index contributed by atoms with van der Waals surface area (Å²) in [6, 6.07) is 1.94. The fraction of sp³-hybridized carbons (Fsp3) is 0.615. The quantitative estimate of drug-likeness (QED) is 0.850. The van der Waals surface area contributed by atoms with Crippen molar-refractivity contribution in [3.05, 3.63) is 18.5 Å². The third-order valence-corrected chi connectivity index (χ3v) is 3.55. The minimum Gasteiger partial charge on any atom is -0.481 e. The Hall–Kier alpha value is -1.69. The van der Waals surface area contributed by atoms with Gasteiger partial charge in [0.15, 0.2) is 0 Å². The maximum atomic E-state index is 10.8. The van der Waals surface area contributed by atoms with E-state index in [4.69, 9.17) is 5.11 Å². The molecule has 2 rings (SSSR count). The number of hydrogen-bond donors (Lipinski definition) is 1. The molecule has 1 unspecified atom stereocenters. The van der Waals surface area contributed by atoms with Crippen molar-refractivity contribution in [1.82, 2.24) is 14.9 Å². The van der Waals surface area contributed by atoms with Gasteiger partial charge in [0, 0.05) is 44.6 Å². The lowest BCUT2D eigenvalue weighted by atomic mass is 10.1. The Balaban J connectivity index is 1.89. The first-order valence-corrected chi connectivity index (χ1v) is 6.68. The molecule has 1 aromatic heterocycles. The van der Waals surface area contributed by atoms with Gasteiger partial charge >= 0.3 is 5.97 Å². The zero-order valence-electron chi connectivity index (χ0n) is 11.2. The fourth-order valence-corrected chi connectivity index (χ4v) is 2.47. The molecule has 1 aromatic rings. The summed E-state index contributed by atoms with van der Waals surface area (Å²) in [5.74, 6) is 0.0362. The second kappa shape index (κ2) is 6.47. The number of aromatic nitrogens is 2. The molecule has 1 N–H and O–H groups in total. The van der Waals surface area contributed by atoms with Crippen molar-refractivity contribution in [2.45, 2.75) is 25.8 Å². The number of piperazine rings is 1. The van der Waals surface area contributed by atoms with Crippen molar-refractivity contribution < 1.29 is 9.90 Å². The van der Waals surface area contributed by atoms with Crippen LogP contribution < -0.4 is 4.90 Å². The normalized spacial score (nSPS) is 18.3. The molecule has 0 bridgehead atoms. The van der Waals surface area contributed by atoms with Crippen LogP contribution in [0.25, 0.3) is 0 Å². The first-order chi connectivity index (χ1) is 9.20. The molecule has 0 amide bonds. The van der Waals surface area contributed by atoms with Gasteiger partial charge in [0.05, 0.1) is 6.42 Å². The summed E-state index contributed by atoms with van der Waals surface area (Å²) in [5.41, 5.74) is 0. The molecule has 19 heavy (non-hydrogen) atoms. The van der Waals surface area contributed by atoms with Gasteiger partial charge in [-0.3, -0.25) is 9.69 Å². The maximum absolute atomic E-state index is 10.8. The lowest BCUT2D eigenvalue weighted by Crippen LogP contribution is -2.51. The zero-order chi connectivity index (χ0) is 13.7. The Morgan fingerprint density at radius 2 is 1.95 bits per heavy atom. The average molecular weight is 264 g/mol. The Morgan fingerprint density at radius 1 is 1.32 bits per heavy atom. The summed E-state index contributed by atoms with van der Waals surface area (Å²) in [6.45, 7) is 5.47. The molecule has 1 fully saturated rings. The highest BCUT2D eigenvalue weighted by molar-refractivity contribution is 5.67. The molecular weight excluding hydrogens is 244 g/mol. The number of carboxylic acids is 1. The van der Waals surface area contributed by atoms with Crippen molar-refractivity contribution in [2.24, 2.45) is 0 Å². The van der Waals surface area contributed by atoms with Gasteiger partial charge in [-0.05, 0) is 12.5 Å². The first kappa shape index (κ1) is 13.7. The summed E-state index contributed by atoms with van der Waals surface area (Å²) in [5, 5.41) is 8.92. The molecule has 0 aromatic carbocycles. The van der Waals surface area contributed by atoms with E-state index in [1.165, 1.54) is 0 Å². The van der Waals surface area contributed by atoms with Crippen molar-refractivity contribution in [3.8, 4) is 0 Å². The number of rotatable bonds is 5. The predicted molar refractivity (Wildman–Crippen MR) is 72.1 cm³/mol. The van der Waals surface area contributed by atoms with Gasteiger partial charge in [-0.1, -0.05) is 6.92 Å². The molecule has 1 atom stereocenters. The topological polar surface area (TPSA) is 69.6 Å². The van der Waals surface area contributed by atoms with Crippen LogP contribution in [-0.4, -0.2) is 58.2 Å². The van der Waals surface area contributed by atoms with Gasteiger partial charge < -0.3 is 10.0 Å². The van der Waals surface area contributed by atoms with Crippen LogP contribution >= 0.6 is 0 Å². The highest BCUT2D eigenvalue weighted by Crippen LogP contribution is 2.15. The van der Waals surface area contributed by atoms with E-state index in [2.05, 4.69) is 19.8 Å². The number of carboxylic acid groups (broad SMARTS) is 1. The van der Waals surface area contributed by atoms with Gasteiger partial charge in [0.2, 0.25) is 5.95 Å². The lowest BCUT2D eigenvalue weighted by Gasteiger charge is -2.38. The van der Waals surface area contributed by atoms with Gasteiger partial charge in [-0.2, -0.15) is 0 Å². The van der Waals surface area contributed by atoms with Crippen LogP contribution in [0.1, 0.15) is 19.8 Å². The van der Waals surface area contributed by atoms with E-state index in [9.17, 15) is 4.79 Å². The van der Waals surface area contributed by atoms with E-state index in [1.807, 2.05) is 6.92 Å². The third-order valence-electron chi connectivity index (χ3n) is 3.55. The molecule has 1 saturated heterocycles. The molecule has 6 heteroatoms. The Labute approximate surface area is 113 Å². The van der Waals surface area contributed by atoms with E-state index in [0.717, 1.165) is 38.5 Å². The SMILES string of the molecule is CCC(CC(=O)O)N1CCN(c2ncccn2)CC1. The van der Waals surface area contributed by atoms with Crippen LogP contribution in [0.15, 0.2) is 18.5 Å². The van der Waals surface area contributed by atoms with Gasteiger partial charge in [0.1, 0.15) is 0 Å². The molecule has 1 aliphatic heterocycles. The van der Waals surface area contributed by atoms with Crippen LogP contribution in [0, 0.1) is 0 Å². The molecule has 6 nitrogen and oxygen atoms in total. The Kier molecular flexibility index (Phi) is 4.68. The smallest absolute Gasteiger partial charge is 0.304 e. The zero-order valence-corrected chi connectivity index (χ0v) is 11.2. The van der Waals surface area contributed by atoms with Crippen molar-refractivity contribution in [2.75, 3.05) is 31.1 Å². The maximum Gasteiger partial charge on any atom is 0.304 e. The van der Waals surface area contributed by atoms with E-state index in [0.29, 0.717) is 0 Å². The van der Waals surface area contributed by atoms with E-state index < -0.39 is 5.97 Å². The summed E-state index contributed by atoms with van der Waals surface area (Å²) in [4.78, 5) is 23.7. The predicted octanol–water partition coefficient (Wildman–Crippen LogP) is 0.852. The summed E-state index contributed by atoms with van der Waals surface area (Å²) >= 11 is 0. The fourth-order valence-electron chi connectivity index (χ4n) is 2.47. The van der Waals surface area contributed by atoms with Crippen molar-refractivity contribution >= 4 is 11.9 Å². The third kappa shape index (κ3) is 3.64. The number of nitrogens with zero attached hydrogens (tertiary/aromatic N) is 4. The van der Waals surface area contributed by atoms with E-state index in [-0.39, 0.29) is 12.5 Å². The minimum atomic E-state index is -0.722. The monoisotopic (exact) mass is 264 g/mol. The molecule has 104 valence electrons. The first-order valence-electron chi connectivity index (χ1n) is 6.68. The molecule has 0 saturated carbocycles. The summed E-state index contributed by atoms with van der Waals surface area (Å²) in [6.07, 6.45) is 4.58. The standard InChI is InChI=1S/C13H20N4O2/c1-2-11(10-12(18)19)16-6-8-17(9-7-16)13-14-4-3-5-15-13/h3-5,11H,2,6-10H2,1H3,(H,18,19). The Morgan fingerprint density at radius 3 is 2.47 bits per heavy atom. The molecular formula is C13H20N4O2. The average Bonchev–Trinajstić information content (AvgIpc) is 2.46. The summed E-state index contributed by atoms with van der Waals surface area (Å²) < 4.78 is 0. The minimum absolute atomic E-state index is 0.136. The molecule has 0 spiro atoms. The summed E-state index contributed by atoms with van der Waals surface area (Å²) in [7, 11) is 0. The number of hydrogen-bond acceptors (Lipinski definition) is 5. The number of aliphatic carboxylic acids is 1.